The van der Waals surface area contributed by atoms with Gasteiger partial charge in [-0.3, -0.25) is 9.48 Å². The van der Waals surface area contributed by atoms with Crippen LogP contribution in [0.1, 0.15) is 27.3 Å². The van der Waals surface area contributed by atoms with Crippen LogP contribution >= 0.6 is 11.6 Å². The van der Waals surface area contributed by atoms with Gasteiger partial charge in [0.2, 0.25) is 0 Å². The van der Waals surface area contributed by atoms with Crippen molar-refractivity contribution in [3.8, 4) is 0 Å². The largest absolute Gasteiger partial charge is 0.417 e. The molecule has 0 bridgehead atoms. The molecule has 9 heteroatoms. The highest BCUT2D eigenvalue weighted by molar-refractivity contribution is 6.34. The molecule has 1 N–H and O–H groups in total. The zero-order valence-electron chi connectivity index (χ0n) is 12.1. The lowest BCUT2D eigenvalue weighted by atomic mass is 10.1. The summed E-state index contributed by atoms with van der Waals surface area (Å²) >= 11 is 5.95. The van der Waals surface area contributed by atoms with E-state index in [1.165, 1.54) is 29.9 Å². The number of benzene rings is 1. The lowest BCUT2D eigenvalue weighted by Gasteiger charge is -2.09. The highest BCUT2D eigenvalue weighted by Crippen LogP contribution is 2.31. The monoisotopic (exact) mass is 344 g/mol. The lowest BCUT2D eigenvalue weighted by molar-refractivity contribution is -0.137. The number of rotatable bonds is 3. The van der Waals surface area contributed by atoms with Crippen molar-refractivity contribution < 1.29 is 18.0 Å². The third-order valence-electron chi connectivity index (χ3n) is 3.00. The molecule has 0 spiro atoms. The van der Waals surface area contributed by atoms with E-state index in [1.807, 2.05) is 0 Å². The van der Waals surface area contributed by atoms with Crippen LogP contribution in [0.4, 0.5) is 13.2 Å². The van der Waals surface area contributed by atoms with E-state index in [9.17, 15) is 18.0 Å². The predicted octanol–water partition coefficient (Wildman–Crippen LogP) is 3.16. The van der Waals surface area contributed by atoms with Crippen molar-refractivity contribution in [3.05, 3.63) is 51.8 Å². The molecule has 0 unspecified atom stereocenters. The molecule has 1 heterocycles. The van der Waals surface area contributed by atoms with Gasteiger partial charge < -0.3 is 0 Å². The van der Waals surface area contributed by atoms with Crippen LogP contribution in [-0.4, -0.2) is 21.9 Å². The molecule has 0 aliphatic carbocycles. The van der Waals surface area contributed by atoms with Crippen molar-refractivity contribution in [3.63, 3.8) is 0 Å². The van der Waals surface area contributed by atoms with Gasteiger partial charge in [0.05, 0.1) is 22.5 Å². The third-order valence-corrected chi connectivity index (χ3v) is 3.45. The number of nitrogens with one attached hydrogen (secondary N) is 1. The molecule has 0 fully saturated rings. The number of hydrogen-bond donors (Lipinski definition) is 1. The van der Waals surface area contributed by atoms with E-state index in [4.69, 9.17) is 11.6 Å². The number of halogens is 4. The Kier molecular flexibility index (Phi) is 4.74. The van der Waals surface area contributed by atoms with Gasteiger partial charge >= 0.3 is 6.18 Å². The van der Waals surface area contributed by atoms with Crippen molar-refractivity contribution >= 4 is 23.7 Å². The maximum Gasteiger partial charge on any atom is 0.417 e. The van der Waals surface area contributed by atoms with Gasteiger partial charge in [-0.05, 0) is 13.0 Å². The standard InChI is InChI=1S/C14H12ClF3N4O/c1-8-11(15)12(22(2)21-8)13(23)20-19-7-9-5-3-4-6-10(9)14(16,17)18/h3-7H,1-2H3,(H,20,23). The molecule has 2 rings (SSSR count). The lowest BCUT2D eigenvalue weighted by Crippen LogP contribution is -2.21. The summed E-state index contributed by atoms with van der Waals surface area (Å²) in [7, 11) is 1.52. The fraction of sp³-hybridized carbons (Fsp3) is 0.214. The highest BCUT2D eigenvalue weighted by atomic mass is 35.5. The summed E-state index contributed by atoms with van der Waals surface area (Å²) in [6.07, 6.45) is -3.58. The minimum Gasteiger partial charge on any atom is -0.266 e. The maximum atomic E-state index is 12.8. The summed E-state index contributed by atoms with van der Waals surface area (Å²) in [5, 5.41) is 7.69. The van der Waals surface area contributed by atoms with Crippen LogP contribution in [0.25, 0.3) is 0 Å². The number of hydrogen-bond acceptors (Lipinski definition) is 3. The molecule has 0 atom stereocenters. The summed E-state index contributed by atoms with van der Waals surface area (Å²) in [6.45, 7) is 1.63. The summed E-state index contributed by atoms with van der Waals surface area (Å²) in [5.74, 6) is -0.668. The highest BCUT2D eigenvalue weighted by Gasteiger charge is 2.32. The second-order valence-corrected chi connectivity index (χ2v) is 5.03. The van der Waals surface area contributed by atoms with E-state index in [0.29, 0.717) is 5.69 Å². The molecule has 0 radical (unpaired) electrons. The summed E-state index contributed by atoms with van der Waals surface area (Å²) in [6, 6.07) is 4.90. The SMILES string of the molecule is Cc1nn(C)c(C(=O)NN=Cc2ccccc2C(F)(F)F)c1Cl. The van der Waals surface area contributed by atoms with Crippen LogP contribution in [0.15, 0.2) is 29.4 Å². The second kappa shape index (κ2) is 6.41. The minimum atomic E-state index is -4.50. The van der Waals surface area contributed by atoms with Crippen LogP contribution < -0.4 is 5.43 Å². The number of aryl methyl sites for hydroxylation is 2. The molecule has 0 aliphatic rings. The third kappa shape index (κ3) is 3.70. The van der Waals surface area contributed by atoms with Crippen molar-refractivity contribution in [2.24, 2.45) is 12.1 Å². The molecular formula is C14H12ClF3N4O. The van der Waals surface area contributed by atoms with Gasteiger partial charge in [-0.25, -0.2) is 5.43 Å². The quantitative estimate of drug-likeness (QED) is 0.687. The summed E-state index contributed by atoms with van der Waals surface area (Å²) < 4.78 is 39.8. The van der Waals surface area contributed by atoms with E-state index in [-0.39, 0.29) is 16.3 Å². The number of aromatic nitrogens is 2. The van der Waals surface area contributed by atoms with Gasteiger partial charge in [-0.2, -0.15) is 23.4 Å². The predicted molar refractivity (Wildman–Crippen MR) is 79.5 cm³/mol. The Morgan fingerprint density at radius 3 is 2.61 bits per heavy atom. The van der Waals surface area contributed by atoms with Gasteiger partial charge in [0.15, 0.2) is 0 Å². The zero-order valence-corrected chi connectivity index (χ0v) is 12.9. The first kappa shape index (κ1) is 17.0. The molecule has 122 valence electrons. The van der Waals surface area contributed by atoms with Crippen LogP contribution in [0, 0.1) is 6.92 Å². The number of hydrazone groups is 1. The fourth-order valence-electron chi connectivity index (χ4n) is 1.96. The molecule has 1 aromatic heterocycles. The topological polar surface area (TPSA) is 59.3 Å². The minimum absolute atomic E-state index is 0.0745. The average molecular weight is 345 g/mol. The molecule has 1 aromatic carbocycles. The van der Waals surface area contributed by atoms with Gasteiger partial charge in [0.1, 0.15) is 5.69 Å². The second-order valence-electron chi connectivity index (χ2n) is 4.66. The fourth-order valence-corrected chi connectivity index (χ4v) is 2.21. The Bertz CT molecular complexity index is 768. The molecule has 0 aliphatic heterocycles. The molecule has 23 heavy (non-hydrogen) atoms. The number of carbonyl (C=O) groups excluding carboxylic acids is 1. The first-order valence-corrected chi connectivity index (χ1v) is 6.78. The molecule has 5 nitrogen and oxygen atoms in total. The van der Waals surface area contributed by atoms with E-state index in [1.54, 1.807) is 6.92 Å². The number of nitrogens with zero attached hydrogens (tertiary/aromatic N) is 3. The number of amides is 1. The number of carbonyl (C=O) groups is 1. The van der Waals surface area contributed by atoms with Gasteiger partial charge in [-0.1, -0.05) is 29.8 Å². The van der Waals surface area contributed by atoms with E-state index in [0.717, 1.165) is 12.3 Å². The molecule has 0 saturated carbocycles. The van der Waals surface area contributed by atoms with Crippen molar-refractivity contribution in [2.45, 2.75) is 13.1 Å². The molecule has 2 aromatic rings. The van der Waals surface area contributed by atoms with Crippen LogP contribution in [0.2, 0.25) is 5.02 Å². The Morgan fingerprint density at radius 2 is 2.04 bits per heavy atom. The molecule has 0 saturated heterocycles. The summed E-state index contributed by atoms with van der Waals surface area (Å²) in [5.41, 5.74) is 1.68. The Labute approximate surface area is 134 Å². The smallest absolute Gasteiger partial charge is 0.266 e. The Morgan fingerprint density at radius 1 is 1.39 bits per heavy atom. The average Bonchev–Trinajstić information content (AvgIpc) is 2.71. The maximum absolute atomic E-state index is 12.8. The first-order valence-electron chi connectivity index (χ1n) is 6.40. The van der Waals surface area contributed by atoms with Crippen molar-refractivity contribution in [2.75, 3.05) is 0 Å². The van der Waals surface area contributed by atoms with E-state index >= 15 is 0 Å². The van der Waals surface area contributed by atoms with Gasteiger partial charge in [0.25, 0.3) is 5.91 Å². The van der Waals surface area contributed by atoms with Crippen molar-refractivity contribution in [1.82, 2.24) is 15.2 Å². The molecule has 1 amide bonds. The van der Waals surface area contributed by atoms with Crippen LogP contribution in [-0.2, 0) is 13.2 Å². The van der Waals surface area contributed by atoms with Gasteiger partial charge in [0, 0.05) is 12.6 Å². The van der Waals surface area contributed by atoms with Gasteiger partial charge in [-0.15, -0.1) is 0 Å². The van der Waals surface area contributed by atoms with Crippen molar-refractivity contribution in [1.29, 1.82) is 0 Å². The van der Waals surface area contributed by atoms with Crippen LogP contribution in [0.5, 0.6) is 0 Å². The van der Waals surface area contributed by atoms with E-state index in [2.05, 4.69) is 15.6 Å². The summed E-state index contributed by atoms with van der Waals surface area (Å²) in [4.78, 5) is 12.0. The van der Waals surface area contributed by atoms with Crippen LogP contribution in [0.3, 0.4) is 0 Å². The Hall–Kier alpha value is -2.35. The Balaban J connectivity index is 2.18. The normalized spacial score (nSPS) is 11.9. The first-order chi connectivity index (χ1) is 10.7. The number of alkyl halides is 3. The molecular weight excluding hydrogens is 333 g/mol. The van der Waals surface area contributed by atoms with E-state index < -0.39 is 17.6 Å². The zero-order chi connectivity index (χ0) is 17.2.